The maximum absolute atomic E-state index is 11.9. The molecular formula is C27H34N2O5S. The summed E-state index contributed by atoms with van der Waals surface area (Å²) in [5.41, 5.74) is 1.13. The molecule has 2 aromatic carbocycles. The van der Waals surface area contributed by atoms with E-state index in [4.69, 9.17) is 9.73 Å². The van der Waals surface area contributed by atoms with Gasteiger partial charge in [0, 0.05) is 12.1 Å². The summed E-state index contributed by atoms with van der Waals surface area (Å²) in [6.07, 6.45) is 11.9. The predicted molar refractivity (Wildman–Crippen MR) is 139 cm³/mol. The summed E-state index contributed by atoms with van der Waals surface area (Å²) in [5.74, 6) is 0.391. The summed E-state index contributed by atoms with van der Waals surface area (Å²) in [5, 5.41) is 22.1. The first-order valence-corrected chi connectivity index (χ1v) is 14.0. The molecule has 0 aromatic heterocycles. The Balaban J connectivity index is 1.78. The van der Waals surface area contributed by atoms with Gasteiger partial charge < -0.3 is 14.9 Å². The van der Waals surface area contributed by atoms with E-state index in [9.17, 15) is 18.6 Å². The van der Waals surface area contributed by atoms with Crippen LogP contribution in [0.15, 0.2) is 59.6 Å². The maximum Gasteiger partial charge on any atom is 0.229 e. The lowest BCUT2D eigenvalue weighted by Crippen LogP contribution is -2.46. The number of aromatic hydroxyl groups is 1. The van der Waals surface area contributed by atoms with Gasteiger partial charge in [0.05, 0.1) is 30.7 Å². The smallest absolute Gasteiger partial charge is 0.229 e. The van der Waals surface area contributed by atoms with Gasteiger partial charge in [0.1, 0.15) is 11.5 Å². The van der Waals surface area contributed by atoms with Crippen LogP contribution in [0, 0.1) is 5.92 Å². The van der Waals surface area contributed by atoms with Crippen molar-refractivity contribution in [3.05, 3.63) is 65.7 Å². The predicted octanol–water partition coefficient (Wildman–Crippen LogP) is 4.42. The molecule has 1 saturated carbocycles. The molecule has 1 aliphatic carbocycles. The van der Waals surface area contributed by atoms with Crippen molar-refractivity contribution in [2.24, 2.45) is 10.9 Å². The van der Waals surface area contributed by atoms with Crippen molar-refractivity contribution in [3.63, 3.8) is 0 Å². The molecule has 1 aliphatic heterocycles. The van der Waals surface area contributed by atoms with Crippen molar-refractivity contribution in [1.82, 2.24) is 0 Å². The number of phenolic OH excluding ortho intramolecular Hbond substituents is 1. The van der Waals surface area contributed by atoms with E-state index in [1.807, 2.05) is 30.3 Å². The fourth-order valence-electron chi connectivity index (χ4n) is 5.60. The van der Waals surface area contributed by atoms with Crippen molar-refractivity contribution in [3.8, 4) is 11.5 Å². The summed E-state index contributed by atoms with van der Waals surface area (Å²) in [4.78, 5) is 4.97. The van der Waals surface area contributed by atoms with E-state index >= 15 is 0 Å². The van der Waals surface area contributed by atoms with E-state index in [-0.39, 0.29) is 17.4 Å². The number of nitrogens with one attached hydrogen (secondary N) is 1. The standard InChI is InChI=1S/C27H34N2O5S/c1-34-22-12-9-19(10-13-22)17-25(31)26(20-11-14-24(30)23(18-20)29-35(2,32)33)27(15-6-16-28-27)21-7-4-3-5-8-21/h6,9-16,18,21,25-26,29-31H,3-5,7-8,17H2,1-2H3. The van der Waals surface area contributed by atoms with Crippen LogP contribution in [0.25, 0.3) is 0 Å². The number of hydrogen-bond donors (Lipinski definition) is 3. The lowest BCUT2D eigenvalue weighted by molar-refractivity contribution is 0.0871. The average Bonchev–Trinajstić information content (AvgIpc) is 3.32. The van der Waals surface area contributed by atoms with E-state index in [0.29, 0.717) is 6.42 Å². The highest BCUT2D eigenvalue weighted by Crippen LogP contribution is 2.49. The molecular weight excluding hydrogens is 464 g/mol. The molecule has 7 nitrogen and oxygen atoms in total. The molecule has 3 N–H and O–H groups in total. The van der Waals surface area contributed by atoms with Gasteiger partial charge in [-0.1, -0.05) is 43.5 Å². The molecule has 2 aliphatic rings. The van der Waals surface area contributed by atoms with Gasteiger partial charge in [-0.25, -0.2) is 8.42 Å². The molecule has 0 spiro atoms. The van der Waals surface area contributed by atoms with Gasteiger partial charge in [-0.2, -0.15) is 0 Å². The lowest BCUT2D eigenvalue weighted by atomic mass is 9.64. The molecule has 0 radical (unpaired) electrons. The second kappa shape index (κ2) is 10.4. The molecule has 0 bridgehead atoms. The minimum absolute atomic E-state index is 0.0939. The number of allylic oxidation sites excluding steroid dienone is 1. The first-order valence-electron chi connectivity index (χ1n) is 12.1. The molecule has 188 valence electrons. The Morgan fingerprint density at radius 3 is 2.46 bits per heavy atom. The van der Waals surface area contributed by atoms with Crippen molar-refractivity contribution < 1.29 is 23.4 Å². The molecule has 8 heteroatoms. The number of aliphatic hydroxyl groups is 1. The van der Waals surface area contributed by atoms with Crippen LogP contribution < -0.4 is 9.46 Å². The number of ether oxygens (including phenoxy) is 1. The second-order valence-electron chi connectivity index (χ2n) is 9.61. The summed E-state index contributed by atoms with van der Waals surface area (Å²) in [6.45, 7) is 0. The highest BCUT2D eigenvalue weighted by atomic mass is 32.2. The molecule has 2 aromatic rings. The molecule has 3 unspecified atom stereocenters. The Morgan fingerprint density at radius 2 is 1.86 bits per heavy atom. The highest BCUT2D eigenvalue weighted by Gasteiger charge is 2.48. The molecule has 1 heterocycles. The number of anilines is 1. The molecule has 4 rings (SSSR count). The fraction of sp³-hybridized carbons (Fsp3) is 0.444. The van der Waals surface area contributed by atoms with Crippen molar-refractivity contribution in [2.45, 2.75) is 56.1 Å². The zero-order valence-electron chi connectivity index (χ0n) is 20.2. The zero-order valence-corrected chi connectivity index (χ0v) is 21.0. The Hall–Kier alpha value is -2.84. The van der Waals surface area contributed by atoms with Crippen LogP contribution in [0.2, 0.25) is 0 Å². The number of sulfonamides is 1. The average molecular weight is 499 g/mol. The van der Waals surface area contributed by atoms with E-state index in [0.717, 1.165) is 48.8 Å². The van der Waals surface area contributed by atoms with Crippen LogP contribution in [0.4, 0.5) is 5.69 Å². The van der Waals surface area contributed by atoms with Gasteiger partial charge in [-0.05, 0) is 66.6 Å². The van der Waals surface area contributed by atoms with Crippen molar-refractivity contribution >= 4 is 21.9 Å². The van der Waals surface area contributed by atoms with Gasteiger partial charge in [0.25, 0.3) is 0 Å². The molecule has 0 amide bonds. The fourth-order valence-corrected chi connectivity index (χ4v) is 6.17. The quantitative estimate of drug-likeness (QED) is 0.444. The Bertz CT molecular complexity index is 1170. The van der Waals surface area contributed by atoms with Crippen LogP contribution in [0.3, 0.4) is 0 Å². The number of nitrogens with zero attached hydrogens (tertiary/aromatic N) is 1. The zero-order chi connectivity index (χ0) is 25.1. The molecule has 3 atom stereocenters. The van der Waals surface area contributed by atoms with Gasteiger partial charge in [-0.15, -0.1) is 0 Å². The third-order valence-electron chi connectivity index (χ3n) is 7.17. The Kier molecular flexibility index (Phi) is 7.52. The van der Waals surface area contributed by atoms with Gasteiger partial charge >= 0.3 is 0 Å². The summed E-state index contributed by atoms with van der Waals surface area (Å²) in [6, 6.07) is 12.5. The van der Waals surface area contributed by atoms with Crippen LogP contribution >= 0.6 is 0 Å². The monoisotopic (exact) mass is 498 g/mol. The topological polar surface area (TPSA) is 108 Å². The van der Waals surface area contributed by atoms with Crippen LogP contribution in [-0.2, 0) is 16.4 Å². The largest absolute Gasteiger partial charge is 0.506 e. The van der Waals surface area contributed by atoms with Gasteiger partial charge in [0.2, 0.25) is 10.0 Å². The minimum Gasteiger partial charge on any atom is -0.506 e. The van der Waals surface area contributed by atoms with Crippen molar-refractivity contribution in [2.75, 3.05) is 18.1 Å². The molecule has 35 heavy (non-hydrogen) atoms. The first kappa shape index (κ1) is 25.3. The first-order chi connectivity index (χ1) is 16.7. The summed E-state index contributed by atoms with van der Waals surface area (Å²) < 4.78 is 31.5. The van der Waals surface area contributed by atoms with E-state index in [1.54, 1.807) is 25.5 Å². The normalized spacial score (nSPS) is 22.1. The van der Waals surface area contributed by atoms with E-state index < -0.39 is 27.6 Å². The molecule has 1 fully saturated rings. The summed E-state index contributed by atoms with van der Waals surface area (Å²) >= 11 is 0. The Labute approximate surface area is 207 Å². The summed E-state index contributed by atoms with van der Waals surface area (Å²) in [7, 11) is -1.98. The molecule has 0 saturated heterocycles. The van der Waals surface area contributed by atoms with Gasteiger partial charge in [-0.3, -0.25) is 9.71 Å². The third kappa shape index (κ3) is 5.70. The number of hydrogen-bond acceptors (Lipinski definition) is 6. The number of aliphatic hydroxyl groups excluding tert-OH is 1. The van der Waals surface area contributed by atoms with Crippen LogP contribution in [0.5, 0.6) is 11.5 Å². The second-order valence-corrected chi connectivity index (χ2v) is 11.4. The number of benzene rings is 2. The van der Waals surface area contributed by atoms with E-state index in [2.05, 4.69) is 10.8 Å². The van der Waals surface area contributed by atoms with Crippen LogP contribution in [-0.4, -0.2) is 49.9 Å². The number of methoxy groups -OCH3 is 1. The number of rotatable bonds is 9. The third-order valence-corrected chi connectivity index (χ3v) is 7.76. The number of aliphatic imine (C=N–C) groups is 1. The number of phenols is 1. The van der Waals surface area contributed by atoms with E-state index in [1.165, 1.54) is 12.5 Å². The Morgan fingerprint density at radius 1 is 1.14 bits per heavy atom. The van der Waals surface area contributed by atoms with Crippen LogP contribution in [0.1, 0.15) is 49.1 Å². The maximum atomic E-state index is 11.9. The highest BCUT2D eigenvalue weighted by molar-refractivity contribution is 7.92. The minimum atomic E-state index is -3.60. The SMILES string of the molecule is COc1ccc(CC(O)C(c2ccc(O)c(NS(C)(=O)=O)c2)C2(C3CCCCC3)C=CC=N2)cc1. The lowest BCUT2D eigenvalue weighted by Gasteiger charge is -2.44. The van der Waals surface area contributed by atoms with Gasteiger partial charge in [0.15, 0.2) is 0 Å². The van der Waals surface area contributed by atoms with Crippen molar-refractivity contribution in [1.29, 1.82) is 0 Å².